The van der Waals surface area contributed by atoms with Crippen LogP contribution in [0.15, 0.2) is 4.99 Å². The zero-order valence-corrected chi connectivity index (χ0v) is 17.8. The first-order chi connectivity index (χ1) is 12.9. The SMILES string of the molecule is CCOCCCNC(=NCc1nnc(C)n1C)NCC(C)(C)C1CCCC1. The summed E-state index contributed by atoms with van der Waals surface area (Å²) in [5, 5.41) is 15.3. The Bertz CT molecular complexity index is 589. The molecule has 0 amide bonds. The highest BCUT2D eigenvalue weighted by molar-refractivity contribution is 5.79. The molecule has 1 aliphatic carbocycles. The lowest BCUT2D eigenvalue weighted by atomic mass is 9.78. The van der Waals surface area contributed by atoms with Gasteiger partial charge < -0.3 is 19.9 Å². The fourth-order valence-corrected chi connectivity index (χ4v) is 3.60. The molecule has 1 aromatic rings. The molecule has 1 aliphatic rings. The summed E-state index contributed by atoms with van der Waals surface area (Å²) < 4.78 is 7.41. The summed E-state index contributed by atoms with van der Waals surface area (Å²) in [6, 6.07) is 0. The monoisotopic (exact) mass is 378 g/mol. The largest absolute Gasteiger partial charge is 0.382 e. The van der Waals surface area contributed by atoms with Gasteiger partial charge >= 0.3 is 0 Å². The summed E-state index contributed by atoms with van der Waals surface area (Å²) in [4.78, 5) is 4.75. The van der Waals surface area contributed by atoms with Crippen molar-refractivity contribution >= 4 is 5.96 Å². The highest BCUT2D eigenvalue weighted by atomic mass is 16.5. The third-order valence-electron chi connectivity index (χ3n) is 5.70. The average molecular weight is 379 g/mol. The van der Waals surface area contributed by atoms with E-state index < -0.39 is 0 Å². The number of aromatic nitrogens is 3. The fraction of sp³-hybridized carbons (Fsp3) is 0.850. The van der Waals surface area contributed by atoms with Gasteiger partial charge in [-0.3, -0.25) is 0 Å². The van der Waals surface area contributed by atoms with Crippen LogP contribution in [0.3, 0.4) is 0 Å². The molecule has 27 heavy (non-hydrogen) atoms. The van der Waals surface area contributed by atoms with Gasteiger partial charge in [0.25, 0.3) is 0 Å². The van der Waals surface area contributed by atoms with Gasteiger partial charge in [-0.15, -0.1) is 10.2 Å². The number of aliphatic imine (C=N–C) groups is 1. The van der Waals surface area contributed by atoms with E-state index in [0.717, 1.165) is 56.3 Å². The van der Waals surface area contributed by atoms with E-state index in [-0.39, 0.29) is 5.41 Å². The van der Waals surface area contributed by atoms with Gasteiger partial charge in [-0.2, -0.15) is 0 Å². The van der Waals surface area contributed by atoms with Gasteiger partial charge in [-0.05, 0) is 44.4 Å². The summed E-state index contributed by atoms with van der Waals surface area (Å²) >= 11 is 0. The molecular formula is C20H38N6O. The third-order valence-corrected chi connectivity index (χ3v) is 5.70. The average Bonchev–Trinajstić information content (AvgIpc) is 3.29. The van der Waals surface area contributed by atoms with Crippen molar-refractivity contribution in [2.75, 3.05) is 26.3 Å². The molecule has 154 valence electrons. The van der Waals surface area contributed by atoms with E-state index in [9.17, 15) is 0 Å². The van der Waals surface area contributed by atoms with Crippen molar-refractivity contribution in [3.8, 4) is 0 Å². The molecule has 0 saturated heterocycles. The van der Waals surface area contributed by atoms with Gasteiger partial charge in [0.2, 0.25) is 0 Å². The Morgan fingerprint density at radius 2 is 2.00 bits per heavy atom. The van der Waals surface area contributed by atoms with E-state index in [2.05, 4.69) is 34.7 Å². The molecule has 1 heterocycles. The van der Waals surface area contributed by atoms with E-state index in [1.165, 1.54) is 25.7 Å². The van der Waals surface area contributed by atoms with Gasteiger partial charge in [0, 0.05) is 33.4 Å². The van der Waals surface area contributed by atoms with Crippen molar-refractivity contribution < 1.29 is 4.74 Å². The van der Waals surface area contributed by atoms with Crippen LogP contribution >= 0.6 is 0 Å². The van der Waals surface area contributed by atoms with Crippen LogP contribution in [0.25, 0.3) is 0 Å². The molecular weight excluding hydrogens is 340 g/mol. The van der Waals surface area contributed by atoms with Gasteiger partial charge in [0.05, 0.1) is 0 Å². The maximum atomic E-state index is 5.42. The molecule has 0 atom stereocenters. The molecule has 7 nitrogen and oxygen atoms in total. The van der Waals surface area contributed by atoms with Gasteiger partial charge in [0.1, 0.15) is 12.4 Å². The third kappa shape index (κ3) is 6.79. The summed E-state index contributed by atoms with van der Waals surface area (Å²) in [6.45, 7) is 12.5. The number of guanidine groups is 1. The molecule has 1 saturated carbocycles. The van der Waals surface area contributed by atoms with E-state index in [1.54, 1.807) is 0 Å². The summed E-state index contributed by atoms with van der Waals surface area (Å²) in [5.41, 5.74) is 0.269. The zero-order valence-electron chi connectivity index (χ0n) is 17.8. The Morgan fingerprint density at radius 3 is 2.63 bits per heavy atom. The maximum absolute atomic E-state index is 5.42. The first kappa shape index (κ1) is 21.7. The lowest BCUT2D eigenvalue weighted by Crippen LogP contribution is -2.44. The minimum absolute atomic E-state index is 0.269. The van der Waals surface area contributed by atoms with E-state index in [4.69, 9.17) is 9.73 Å². The van der Waals surface area contributed by atoms with Crippen LogP contribution < -0.4 is 10.6 Å². The van der Waals surface area contributed by atoms with Crippen LogP contribution in [0, 0.1) is 18.3 Å². The molecule has 0 aliphatic heterocycles. The Balaban J connectivity index is 1.93. The Hall–Kier alpha value is -1.63. The second kappa shape index (κ2) is 10.6. The number of ether oxygens (including phenoxy) is 1. The Morgan fingerprint density at radius 1 is 1.26 bits per heavy atom. The molecule has 1 fully saturated rings. The Labute approximate surface area is 164 Å². The fourth-order valence-electron chi connectivity index (χ4n) is 3.60. The number of hydrogen-bond donors (Lipinski definition) is 2. The van der Waals surface area contributed by atoms with Crippen LogP contribution in [0.5, 0.6) is 0 Å². The molecule has 0 radical (unpaired) electrons. The first-order valence-electron chi connectivity index (χ1n) is 10.4. The predicted molar refractivity (Wildman–Crippen MR) is 110 cm³/mol. The highest BCUT2D eigenvalue weighted by Crippen LogP contribution is 2.38. The van der Waals surface area contributed by atoms with Crippen molar-refractivity contribution in [1.29, 1.82) is 0 Å². The lowest BCUT2D eigenvalue weighted by molar-refractivity contribution is 0.145. The second-order valence-electron chi connectivity index (χ2n) is 8.19. The number of rotatable bonds is 10. The smallest absolute Gasteiger partial charge is 0.191 e. The van der Waals surface area contributed by atoms with Crippen molar-refractivity contribution in [2.45, 2.75) is 66.3 Å². The lowest BCUT2D eigenvalue weighted by Gasteiger charge is -2.32. The summed E-state index contributed by atoms with van der Waals surface area (Å²) in [7, 11) is 1.98. The summed E-state index contributed by atoms with van der Waals surface area (Å²) in [6.07, 6.45) is 6.40. The van der Waals surface area contributed by atoms with Crippen molar-refractivity contribution in [2.24, 2.45) is 23.4 Å². The van der Waals surface area contributed by atoms with Crippen LogP contribution in [-0.4, -0.2) is 47.0 Å². The number of hydrogen-bond acceptors (Lipinski definition) is 4. The highest BCUT2D eigenvalue weighted by Gasteiger charge is 2.31. The van der Waals surface area contributed by atoms with E-state index in [1.807, 2.05) is 25.5 Å². The normalized spacial score (nSPS) is 16.1. The van der Waals surface area contributed by atoms with Crippen LogP contribution in [0.2, 0.25) is 0 Å². The molecule has 7 heteroatoms. The number of nitrogens with one attached hydrogen (secondary N) is 2. The number of aryl methyl sites for hydroxylation is 1. The van der Waals surface area contributed by atoms with E-state index >= 15 is 0 Å². The quantitative estimate of drug-likeness (QED) is 0.372. The van der Waals surface area contributed by atoms with E-state index in [0.29, 0.717) is 6.54 Å². The maximum Gasteiger partial charge on any atom is 0.191 e. The van der Waals surface area contributed by atoms with Crippen molar-refractivity contribution in [3.63, 3.8) is 0 Å². The zero-order chi connectivity index (χ0) is 19.7. The molecule has 0 unspecified atom stereocenters. The second-order valence-corrected chi connectivity index (χ2v) is 8.19. The molecule has 0 aromatic carbocycles. The molecule has 0 bridgehead atoms. The molecule has 1 aromatic heterocycles. The van der Waals surface area contributed by atoms with Gasteiger partial charge in [0.15, 0.2) is 11.8 Å². The standard InChI is InChI=1S/C20H38N6O/c1-6-27-13-9-12-21-19(22-14-18-25-24-16(2)26(18)5)23-15-20(3,4)17-10-7-8-11-17/h17H,6-15H2,1-5H3,(H2,21,22,23). The Kier molecular flexibility index (Phi) is 8.54. The first-order valence-corrected chi connectivity index (χ1v) is 10.4. The molecule has 2 rings (SSSR count). The van der Waals surface area contributed by atoms with Crippen LogP contribution in [0.1, 0.15) is 64.5 Å². The van der Waals surface area contributed by atoms with Crippen molar-refractivity contribution in [1.82, 2.24) is 25.4 Å². The predicted octanol–water partition coefficient (Wildman–Crippen LogP) is 2.80. The minimum Gasteiger partial charge on any atom is -0.382 e. The van der Waals surface area contributed by atoms with Crippen LogP contribution in [0.4, 0.5) is 0 Å². The number of nitrogens with zero attached hydrogens (tertiary/aromatic N) is 4. The van der Waals surface area contributed by atoms with Crippen molar-refractivity contribution in [3.05, 3.63) is 11.6 Å². The minimum atomic E-state index is 0.269. The summed E-state index contributed by atoms with van der Waals surface area (Å²) in [5.74, 6) is 3.42. The van der Waals surface area contributed by atoms with Gasteiger partial charge in [-0.1, -0.05) is 26.7 Å². The molecule has 0 spiro atoms. The van der Waals surface area contributed by atoms with Crippen LogP contribution in [-0.2, 0) is 18.3 Å². The molecule has 2 N–H and O–H groups in total. The van der Waals surface area contributed by atoms with Gasteiger partial charge in [-0.25, -0.2) is 4.99 Å². The topological polar surface area (TPSA) is 76.4 Å².